The van der Waals surface area contributed by atoms with Gasteiger partial charge in [-0.1, -0.05) is 36.7 Å². The summed E-state index contributed by atoms with van der Waals surface area (Å²) in [7, 11) is 0. The summed E-state index contributed by atoms with van der Waals surface area (Å²) in [5.41, 5.74) is 6.02. The summed E-state index contributed by atoms with van der Waals surface area (Å²) < 4.78 is 5.21. The predicted octanol–water partition coefficient (Wildman–Crippen LogP) is 4.06. The molecule has 2 rings (SSSR count). The van der Waals surface area contributed by atoms with Gasteiger partial charge in [0.1, 0.15) is 0 Å². The molecule has 6 heteroatoms. The van der Waals surface area contributed by atoms with Crippen molar-refractivity contribution in [3.05, 3.63) is 41.0 Å². The van der Waals surface area contributed by atoms with Crippen molar-refractivity contribution in [2.45, 2.75) is 37.0 Å². The highest BCUT2D eigenvalue weighted by Crippen LogP contribution is 2.25. The van der Waals surface area contributed by atoms with E-state index in [0.717, 1.165) is 16.3 Å². The van der Waals surface area contributed by atoms with Crippen LogP contribution in [0.25, 0.3) is 0 Å². The maximum atomic E-state index is 6.02. The van der Waals surface area contributed by atoms with E-state index >= 15 is 0 Å². The Labute approximate surface area is 128 Å². The third kappa shape index (κ3) is 4.51. The van der Waals surface area contributed by atoms with E-state index in [9.17, 15) is 0 Å². The zero-order valence-corrected chi connectivity index (χ0v) is 13.1. The molecule has 2 aromatic rings. The molecule has 20 heavy (non-hydrogen) atoms. The largest absolute Gasteiger partial charge is 0.338 e. The van der Waals surface area contributed by atoms with Crippen LogP contribution in [0.15, 0.2) is 33.7 Å². The number of nitrogens with zero attached hydrogens (tertiary/aromatic N) is 2. The summed E-state index contributed by atoms with van der Waals surface area (Å²) >= 11 is 7.56. The van der Waals surface area contributed by atoms with Crippen LogP contribution in [0.5, 0.6) is 0 Å². The lowest BCUT2D eigenvalue weighted by atomic mass is 10.0. The molecule has 0 spiro atoms. The summed E-state index contributed by atoms with van der Waals surface area (Å²) in [6, 6.07) is 7.50. The fraction of sp³-hybridized carbons (Fsp3) is 0.429. The van der Waals surface area contributed by atoms with Gasteiger partial charge in [-0.05, 0) is 30.5 Å². The standard InChI is InChI=1S/C14H18ClN3OS/c1-9(2)6-12(16)14-17-13(18-19-14)8-20-11-5-3-4-10(15)7-11/h3-5,7,9,12H,6,8,16H2,1-2H3. The Balaban J connectivity index is 1.93. The van der Waals surface area contributed by atoms with E-state index < -0.39 is 0 Å². The molecule has 0 aliphatic heterocycles. The molecule has 0 radical (unpaired) electrons. The Bertz CT molecular complexity index is 559. The van der Waals surface area contributed by atoms with Crippen molar-refractivity contribution in [3.63, 3.8) is 0 Å². The van der Waals surface area contributed by atoms with Crippen molar-refractivity contribution in [2.75, 3.05) is 0 Å². The van der Waals surface area contributed by atoms with Gasteiger partial charge >= 0.3 is 0 Å². The normalized spacial score (nSPS) is 12.8. The van der Waals surface area contributed by atoms with Gasteiger partial charge in [-0.3, -0.25) is 0 Å². The van der Waals surface area contributed by atoms with Gasteiger partial charge in [0.15, 0.2) is 5.82 Å². The molecule has 0 aliphatic carbocycles. The number of rotatable bonds is 6. The first-order valence-corrected chi connectivity index (χ1v) is 7.87. The van der Waals surface area contributed by atoms with Crippen LogP contribution >= 0.6 is 23.4 Å². The lowest BCUT2D eigenvalue weighted by Crippen LogP contribution is -2.13. The first kappa shape index (κ1) is 15.4. The number of hydrogen-bond acceptors (Lipinski definition) is 5. The summed E-state index contributed by atoms with van der Waals surface area (Å²) in [4.78, 5) is 5.42. The van der Waals surface area contributed by atoms with Crippen LogP contribution in [-0.2, 0) is 5.75 Å². The number of hydrogen-bond donors (Lipinski definition) is 1. The Morgan fingerprint density at radius 3 is 2.90 bits per heavy atom. The van der Waals surface area contributed by atoms with E-state index in [-0.39, 0.29) is 6.04 Å². The Kier molecular flexibility index (Phi) is 5.46. The monoisotopic (exact) mass is 311 g/mol. The van der Waals surface area contributed by atoms with Gasteiger partial charge in [0.25, 0.3) is 0 Å². The number of aromatic nitrogens is 2. The molecule has 1 atom stereocenters. The Morgan fingerprint density at radius 1 is 1.40 bits per heavy atom. The second-order valence-electron chi connectivity index (χ2n) is 5.03. The highest BCUT2D eigenvalue weighted by atomic mass is 35.5. The van der Waals surface area contributed by atoms with Crippen molar-refractivity contribution in [3.8, 4) is 0 Å². The quantitative estimate of drug-likeness (QED) is 0.815. The van der Waals surface area contributed by atoms with E-state index in [1.807, 2.05) is 24.3 Å². The van der Waals surface area contributed by atoms with Crippen LogP contribution in [0.1, 0.15) is 38.0 Å². The van der Waals surface area contributed by atoms with Crippen molar-refractivity contribution < 1.29 is 4.52 Å². The Hall–Kier alpha value is -1.04. The molecule has 1 unspecified atom stereocenters. The first-order valence-electron chi connectivity index (χ1n) is 6.51. The van der Waals surface area contributed by atoms with Crippen LogP contribution in [0.2, 0.25) is 5.02 Å². The average molecular weight is 312 g/mol. The maximum absolute atomic E-state index is 6.02. The number of benzene rings is 1. The second kappa shape index (κ2) is 7.11. The van der Waals surface area contributed by atoms with Crippen molar-refractivity contribution in [2.24, 2.45) is 11.7 Å². The first-order chi connectivity index (χ1) is 9.54. The summed E-state index contributed by atoms with van der Waals surface area (Å²) in [6.07, 6.45) is 0.836. The minimum absolute atomic E-state index is 0.188. The number of halogens is 1. The van der Waals surface area contributed by atoms with Gasteiger partial charge in [0.05, 0.1) is 11.8 Å². The van der Waals surface area contributed by atoms with E-state index in [0.29, 0.717) is 23.4 Å². The molecule has 0 amide bonds. The van der Waals surface area contributed by atoms with E-state index in [4.69, 9.17) is 21.9 Å². The molecule has 108 valence electrons. The van der Waals surface area contributed by atoms with Gasteiger partial charge in [-0.25, -0.2) is 0 Å². The van der Waals surface area contributed by atoms with Crippen molar-refractivity contribution in [1.82, 2.24) is 10.1 Å². The smallest absolute Gasteiger partial charge is 0.243 e. The molecule has 0 fully saturated rings. The number of thioether (sulfide) groups is 1. The highest BCUT2D eigenvalue weighted by Gasteiger charge is 2.16. The molecule has 1 aromatic carbocycles. The molecule has 2 N–H and O–H groups in total. The average Bonchev–Trinajstić information content (AvgIpc) is 2.84. The van der Waals surface area contributed by atoms with Crippen LogP contribution in [0.3, 0.4) is 0 Å². The molecule has 0 bridgehead atoms. The minimum Gasteiger partial charge on any atom is -0.338 e. The fourth-order valence-corrected chi connectivity index (χ4v) is 2.84. The van der Waals surface area contributed by atoms with Crippen LogP contribution in [0, 0.1) is 5.92 Å². The lowest BCUT2D eigenvalue weighted by Gasteiger charge is -2.08. The van der Waals surface area contributed by atoms with Crippen LogP contribution < -0.4 is 5.73 Å². The molecule has 1 aromatic heterocycles. The molecule has 0 saturated heterocycles. The van der Waals surface area contributed by atoms with Crippen LogP contribution in [0.4, 0.5) is 0 Å². The maximum Gasteiger partial charge on any atom is 0.243 e. The van der Waals surface area contributed by atoms with Gasteiger partial charge in [0.2, 0.25) is 5.89 Å². The SMILES string of the molecule is CC(C)CC(N)c1nc(CSc2cccc(Cl)c2)no1. The predicted molar refractivity (Wildman–Crippen MR) is 81.7 cm³/mol. The van der Waals surface area contributed by atoms with Gasteiger partial charge in [-0.2, -0.15) is 4.98 Å². The minimum atomic E-state index is -0.188. The van der Waals surface area contributed by atoms with E-state index in [1.165, 1.54) is 0 Å². The Morgan fingerprint density at radius 2 is 2.20 bits per heavy atom. The fourth-order valence-electron chi connectivity index (χ4n) is 1.79. The van der Waals surface area contributed by atoms with Crippen LogP contribution in [-0.4, -0.2) is 10.1 Å². The summed E-state index contributed by atoms with van der Waals surface area (Å²) in [5.74, 6) is 2.31. The second-order valence-corrected chi connectivity index (χ2v) is 6.52. The van der Waals surface area contributed by atoms with Crippen molar-refractivity contribution >= 4 is 23.4 Å². The van der Waals surface area contributed by atoms with E-state index in [2.05, 4.69) is 24.0 Å². The van der Waals surface area contributed by atoms with Crippen molar-refractivity contribution in [1.29, 1.82) is 0 Å². The van der Waals surface area contributed by atoms with Gasteiger partial charge in [0, 0.05) is 9.92 Å². The molecule has 0 aliphatic rings. The zero-order valence-electron chi connectivity index (χ0n) is 11.5. The highest BCUT2D eigenvalue weighted by molar-refractivity contribution is 7.98. The van der Waals surface area contributed by atoms with Gasteiger partial charge in [-0.15, -0.1) is 11.8 Å². The molecular formula is C14H18ClN3OS. The molecule has 4 nitrogen and oxygen atoms in total. The van der Waals surface area contributed by atoms with Gasteiger partial charge < -0.3 is 10.3 Å². The number of nitrogens with two attached hydrogens (primary N) is 1. The summed E-state index contributed by atoms with van der Waals surface area (Å²) in [5, 5.41) is 4.69. The molecule has 1 heterocycles. The molecular weight excluding hydrogens is 294 g/mol. The zero-order chi connectivity index (χ0) is 14.5. The summed E-state index contributed by atoms with van der Waals surface area (Å²) in [6.45, 7) is 4.23. The lowest BCUT2D eigenvalue weighted by molar-refractivity contribution is 0.333. The molecule has 0 saturated carbocycles. The third-order valence-electron chi connectivity index (χ3n) is 2.69. The van der Waals surface area contributed by atoms with E-state index in [1.54, 1.807) is 11.8 Å². The third-order valence-corrected chi connectivity index (χ3v) is 3.92. The topological polar surface area (TPSA) is 64.9 Å².